The molecule has 0 aromatic heterocycles. The molecule has 11 heavy (non-hydrogen) atoms. The molecule has 0 spiro atoms. The van der Waals surface area contributed by atoms with E-state index in [4.69, 9.17) is 4.80 Å². The SMILES string of the molecule is CCc1cccc([SiH2]O)c1C. The van der Waals surface area contributed by atoms with Gasteiger partial charge in [-0.1, -0.05) is 25.1 Å². The summed E-state index contributed by atoms with van der Waals surface area (Å²) in [4.78, 5) is 9.08. The van der Waals surface area contributed by atoms with Crippen LogP contribution >= 0.6 is 0 Å². The van der Waals surface area contributed by atoms with E-state index in [-0.39, 0.29) is 0 Å². The Kier molecular flexibility index (Phi) is 2.85. The van der Waals surface area contributed by atoms with Gasteiger partial charge in [-0.25, -0.2) is 0 Å². The lowest BCUT2D eigenvalue weighted by Crippen LogP contribution is -2.18. The van der Waals surface area contributed by atoms with Crippen molar-refractivity contribution in [1.29, 1.82) is 0 Å². The smallest absolute Gasteiger partial charge is 0.188 e. The molecule has 0 radical (unpaired) electrons. The molecule has 0 fully saturated rings. The zero-order valence-corrected chi connectivity index (χ0v) is 8.51. The molecule has 60 valence electrons. The van der Waals surface area contributed by atoms with Gasteiger partial charge >= 0.3 is 0 Å². The lowest BCUT2D eigenvalue weighted by atomic mass is 10.1. The van der Waals surface area contributed by atoms with Gasteiger partial charge < -0.3 is 4.80 Å². The molecule has 0 atom stereocenters. The first-order valence-corrected chi connectivity index (χ1v) is 5.31. The Balaban J connectivity index is 3.10. The third kappa shape index (κ3) is 1.70. The molecule has 0 saturated carbocycles. The van der Waals surface area contributed by atoms with Crippen LogP contribution in [0.1, 0.15) is 18.1 Å². The monoisotopic (exact) mass is 166 g/mol. The molecule has 2 heteroatoms. The van der Waals surface area contributed by atoms with Crippen molar-refractivity contribution >= 4 is 14.9 Å². The highest BCUT2D eigenvalue weighted by molar-refractivity contribution is 6.46. The molecule has 0 aliphatic carbocycles. The lowest BCUT2D eigenvalue weighted by molar-refractivity contribution is 0.615. The maximum absolute atomic E-state index is 9.08. The predicted molar refractivity (Wildman–Crippen MR) is 51.0 cm³/mol. The second kappa shape index (κ2) is 3.69. The van der Waals surface area contributed by atoms with E-state index in [9.17, 15) is 0 Å². The molecular formula is C9H14OSi. The van der Waals surface area contributed by atoms with E-state index in [1.54, 1.807) is 0 Å². The van der Waals surface area contributed by atoms with E-state index >= 15 is 0 Å². The van der Waals surface area contributed by atoms with E-state index in [2.05, 4.69) is 19.9 Å². The van der Waals surface area contributed by atoms with Crippen LogP contribution in [-0.2, 0) is 6.42 Å². The predicted octanol–water partition coefficient (Wildman–Crippen LogP) is 0.259. The molecule has 1 N–H and O–H groups in total. The number of hydrogen-bond donors (Lipinski definition) is 1. The number of benzene rings is 1. The summed E-state index contributed by atoms with van der Waals surface area (Å²) in [5, 5.41) is 1.18. The van der Waals surface area contributed by atoms with Crippen molar-refractivity contribution in [2.75, 3.05) is 0 Å². The Hall–Kier alpha value is -0.603. The summed E-state index contributed by atoms with van der Waals surface area (Å²) in [6.07, 6.45) is 1.06. The molecule has 1 rings (SSSR count). The van der Waals surface area contributed by atoms with Crippen LogP contribution in [0.3, 0.4) is 0 Å². The molecule has 0 aliphatic heterocycles. The van der Waals surface area contributed by atoms with Crippen LogP contribution in [0.15, 0.2) is 18.2 Å². The van der Waals surface area contributed by atoms with Gasteiger partial charge in [-0.15, -0.1) is 0 Å². The number of aryl methyl sites for hydroxylation is 1. The summed E-state index contributed by atoms with van der Waals surface area (Å²) >= 11 is 0. The van der Waals surface area contributed by atoms with Gasteiger partial charge in [0.2, 0.25) is 0 Å². The molecule has 0 saturated heterocycles. The minimum absolute atomic E-state index is 0.968. The Bertz CT molecular complexity index is 223. The van der Waals surface area contributed by atoms with E-state index in [1.807, 2.05) is 12.1 Å². The molecule has 0 bridgehead atoms. The number of rotatable bonds is 2. The van der Waals surface area contributed by atoms with Gasteiger partial charge in [0.15, 0.2) is 9.76 Å². The van der Waals surface area contributed by atoms with E-state index in [1.165, 1.54) is 16.3 Å². The fraction of sp³-hybridized carbons (Fsp3) is 0.333. The van der Waals surface area contributed by atoms with E-state index in [0.717, 1.165) is 6.42 Å². The highest BCUT2D eigenvalue weighted by Crippen LogP contribution is 2.04. The van der Waals surface area contributed by atoms with Crippen LogP contribution in [0.2, 0.25) is 0 Å². The highest BCUT2D eigenvalue weighted by atomic mass is 28.2. The summed E-state index contributed by atoms with van der Waals surface area (Å²) in [6, 6.07) is 6.19. The highest BCUT2D eigenvalue weighted by Gasteiger charge is 2.00. The topological polar surface area (TPSA) is 20.2 Å². The first kappa shape index (κ1) is 8.49. The van der Waals surface area contributed by atoms with Crippen LogP contribution in [0.25, 0.3) is 0 Å². The summed E-state index contributed by atoms with van der Waals surface area (Å²) in [5.74, 6) is 0. The van der Waals surface area contributed by atoms with E-state index in [0.29, 0.717) is 0 Å². The average molecular weight is 166 g/mol. The van der Waals surface area contributed by atoms with Crippen LogP contribution in [0, 0.1) is 6.92 Å². The molecule has 1 nitrogen and oxygen atoms in total. The molecule has 0 unspecified atom stereocenters. The Morgan fingerprint density at radius 2 is 2.18 bits per heavy atom. The molecular weight excluding hydrogens is 152 g/mol. The van der Waals surface area contributed by atoms with Gasteiger partial charge in [-0.3, -0.25) is 0 Å². The fourth-order valence-corrected chi connectivity index (χ4v) is 2.00. The number of hydrogen-bond acceptors (Lipinski definition) is 1. The van der Waals surface area contributed by atoms with Crippen molar-refractivity contribution in [2.24, 2.45) is 0 Å². The standard InChI is InChI=1S/C9H14OSi/c1-3-8-5-4-6-9(11-10)7(8)2/h4-6,10H,3,11H2,1-2H3. The Morgan fingerprint density at radius 1 is 1.45 bits per heavy atom. The largest absolute Gasteiger partial charge is 0.433 e. The van der Waals surface area contributed by atoms with Crippen molar-refractivity contribution in [3.05, 3.63) is 29.3 Å². The van der Waals surface area contributed by atoms with Crippen molar-refractivity contribution < 1.29 is 4.80 Å². The fourth-order valence-electron chi connectivity index (χ4n) is 1.29. The summed E-state index contributed by atoms with van der Waals surface area (Å²) in [6.45, 7) is 4.24. The molecule has 0 heterocycles. The van der Waals surface area contributed by atoms with Crippen molar-refractivity contribution in [3.63, 3.8) is 0 Å². The second-order valence-electron chi connectivity index (χ2n) is 2.71. The lowest BCUT2D eigenvalue weighted by Gasteiger charge is -2.06. The summed E-state index contributed by atoms with van der Waals surface area (Å²) in [7, 11) is -0.968. The first-order chi connectivity index (χ1) is 5.29. The normalized spacial score (nSPS) is 11.2. The Labute approximate surface area is 70.0 Å². The summed E-state index contributed by atoms with van der Waals surface area (Å²) in [5.41, 5.74) is 2.66. The van der Waals surface area contributed by atoms with Gasteiger partial charge in [0.05, 0.1) is 0 Å². The van der Waals surface area contributed by atoms with Gasteiger partial charge in [-0.2, -0.15) is 0 Å². The second-order valence-corrected chi connectivity index (χ2v) is 3.79. The van der Waals surface area contributed by atoms with Gasteiger partial charge in [0.1, 0.15) is 0 Å². The minimum Gasteiger partial charge on any atom is -0.433 e. The maximum atomic E-state index is 9.08. The van der Waals surface area contributed by atoms with E-state index < -0.39 is 9.76 Å². The van der Waals surface area contributed by atoms with Crippen molar-refractivity contribution in [2.45, 2.75) is 20.3 Å². The molecule has 1 aromatic carbocycles. The van der Waals surface area contributed by atoms with Gasteiger partial charge in [0.25, 0.3) is 0 Å². The molecule has 0 aliphatic rings. The van der Waals surface area contributed by atoms with Gasteiger partial charge in [0, 0.05) is 0 Å². The third-order valence-corrected chi connectivity index (χ3v) is 3.22. The quantitative estimate of drug-likeness (QED) is 0.625. The van der Waals surface area contributed by atoms with Crippen LogP contribution in [0.5, 0.6) is 0 Å². The maximum Gasteiger partial charge on any atom is 0.188 e. The van der Waals surface area contributed by atoms with Gasteiger partial charge in [-0.05, 0) is 29.7 Å². The zero-order chi connectivity index (χ0) is 8.27. The van der Waals surface area contributed by atoms with Crippen molar-refractivity contribution in [1.82, 2.24) is 0 Å². The van der Waals surface area contributed by atoms with Crippen molar-refractivity contribution in [3.8, 4) is 0 Å². The summed E-state index contributed by atoms with van der Waals surface area (Å²) < 4.78 is 0. The first-order valence-electron chi connectivity index (χ1n) is 3.97. The van der Waals surface area contributed by atoms with Crippen LogP contribution in [0.4, 0.5) is 0 Å². The minimum atomic E-state index is -0.968. The molecule has 1 aromatic rings. The third-order valence-electron chi connectivity index (χ3n) is 2.11. The molecule has 0 amide bonds. The van der Waals surface area contributed by atoms with Crippen LogP contribution in [-0.4, -0.2) is 14.6 Å². The zero-order valence-electron chi connectivity index (χ0n) is 7.09. The average Bonchev–Trinajstić information content (AvgIpc) is 2.05. The van der Waals surface area contributed by atoms with Crippen LogP contribution < -0.4 is 5.19 Å². The Morgan fingerprint density at radius 3 is 2.73 bits per heavy atom.